The predicted octanol–water partition coefficient (Wildman–Crippen LogP) is 1.50. The molecular formula is C13H13ClN2O3. The highest BCUT2D eigenvalue weighted by molar-refractivity contribution is 6.31. The smallest absolute Gasteiger partial charge is 0.356 e. The van der Waals surface area contributed by atoms with Crippen molar-refractivity contribution in [2.75, 3.05) is 7.11 Å². The lowest BCUT2D eigenvalue weighted by Crippen LogP contribution is -2.45. The van der Waals surface area contributed by atoms with E-state index in [0.29, 0.717) is 16.3 Å². The second-order valence-corrected chi connectivity index (χ2v) is 4.49. The minimum atomic E-state index is -0.623. The van der Waals surface area contributed by atoms with Gasteiger partial charge in [-0.25, -0.2) is 4.79 Å². The number of carbonyl (C=O) groups is 2. The van der Waals surface area contributed by atoms with Gasteiger partial charge in [0.25, 0.3) is 5.91 Å². The molecule has 0 fully saturated rings. The topological polar surface area (TPSA) is 67.4 Å². The number of nitrogens with one attached hydrogen (secondary N) is 2. The molecule has 6 heteroatoms. The Hall–Kier alpha value is -2.01. The molecule has 0 radical (unpaired) electrons. The van der Waals surface area contributed by atoms with Gasteiger partial charge >= 0.3 is 5.97 Å². The van der Waals surface area contributed by atoms with Crippen molar-refractivity contribution < 1.29 is 14.3 Å². The summed E-state index contributed by atoms with van der Waals surface area (Å²) >= 11 is 6.07. The molecule has 1 amide bonds. The monoisotopic (exact) mass is 280 g/mol. The molecule has 1 aliphatic rings. The lowest BCUT2D eigenvalue weighted by atomic mass is 10.0. The van der Waals surface area contributed by atoms with E-state index in [2.05, 4.69) is 15.4 Å². The van der Waals surface area contributed by atoms with Crippen LogP contribution in [0.15, 0.2) is 35.7 Å². The Kier molecular flexibility index (Phi) is 3.76. The van der Waals surface area contributed by atoms with Gasteiger partial charge in [-0.2, -0.15) is 0 Å². The molecule has 19 heavy (non-hydrogen) atoms. The van der Waals surface area contributed by atoms with Crippen LogP contribution in [0.4, 0.5) is 0 Å². The van der Waals surface area contributed by atoms with Crippen molar-refractivity contribution in [1.29, 1.82) is 0 Å². The molecule has 0 bridgehead atoms. The zero-order valence-electron chi connectivity index (χ0n) is 10.5. The number of halogens is 1. The van der Waals surface area contributed by atoms with Crippen molar-refractivity contribution in [3.05, 3.63) is 46.2 Å². The number of ether oxygens (including phenoxy) is 1. The van der Waals surface area contributed by atoms with E-state index in [1.54, 1.807) is 31.2 Å². The lowest BCUT2D eigenvalue weighted by molar-refractivity contribution is -0.138. The van der Waals surface area contributed by atoms with Crippen molar-refractivity contribution in [2.45, 2.75) is 13.0 Å². The lowest BCUT2D eigenvalue weighted by Gasteiger charge is -2.27. The van der Waals surface area contributed by atoms with E-state index in [1.165, 1.54) is 7.11 Å². The summed E-state index contributed by atoms with van der Waals surface area (Å²) in [6.45, 7) is 1.69. The second-order valence-electron chi connectivity index (χ2n) is 4.08. The maximum absolute atomic E-state index is 12.0. The number of hydrogen-bond acceptors (Lipinski definition) is 4. The Morgan fingerprint density at radius 1 is 1.37 bits per heavy atom. The van der Waals surface area contributed by atoms with E-state index in [0.717, 1.165) is 0 Å². The summed E-state index contributed by atoms with van der Waals surface area (Å²) in [5.41, 5.74) is 1.32. The van der Waals surface area contributed by atoms with Gasteiger partial charge in [0.2, 0.25) is 0 Å². The summed E-state index contributed by atoms with van der Waals surface area (Å²) in [4.78, 5) is 23.5. The van der Waals surface area contributed by atoms with E-state index in [9.17, 15) is 9.59 Å². The summed E-state index contributed by atoms with van der Waals surface area (Å²) < 4.78 is 4.60. The van der Waals surface area contributed by atoms with Gasteiger partial charge in [-0.3, -0.25) is 4.79 Å². The fourth-order valence-electron chi connectivity index (χ4n) is 1.88. The summed E-state index contributed by atoms with van der Waals surface area (Å²) in [5.74, 6) is -0.935. The Morgan fingerprint density at radius 2 is 2.05 bits per heavy atom. The van der Waals surface area contributed by atoms with E-state index in [1.807, 2.05) is 0 Å². The van der Waals surface area contributed by atoms with Crippen LogP contribution in [-0.4, -0.2) is 19.0 Å². The van der Waals surface area contributed by atoms with Crippen molar-refractivity contribution in [3.8, 4) is 0 Å². The van der Waals surface area contributed by atoms with E-state index >= 15 is 0 Å². The highest BCUT2D eigenvalue weighted by atomic mass is 35.5. The maximum Gasteiger partial charge on any atom is 0.356 e. The highest BCUT2D eigenvalue weighted by Gasteiger charge is 2.31. The van der Waals surface area contributed by atoms with Crippen LogP contribution in [0, 0.1) is 0 Å². The third-order valence-corrected chi connectivity index (χ3v) is 3.20. The van der Waals surface area contributed by atoms with Crippen LogP contribution in [-0.2, 0) is 14.3 Å². The van der Waals surface area contributed by atoms with Gasteiger partial charge in [0, 0.05) is 16.3 Å². The average molecular weight is 281 g/mol. The fourth-order valence-corrected chi connectivity index (χ4v) is 2.12. The number of hydrogen-bond donors (Lipinski definition) is 2. The second kappa shape index (κ2) is 5.32. The third-order valence-electron chi connectivity index (χ3n) is 2.85. The molecule has 1 aliphatic heterocycles. The molecule has 5 nitrogen and oxygen atoms in total. The number of rotatable bonds is 2. The Morgan fingerprint density at radius 3 is 2.68 bits per heavy atom. The van der Waals surface area contributed by atoms with Crippen molar-refractivity contribution in [1.82, 2.24) is 10.6 Å². The Bertz CT molecular complexity index is 569. The van der Waals surface area contributed by atoms with E-state index in [-0.39, 0.29) is 11.6 Å². The van der Waals surface area contributed by atoms with Gasteiger partial charge in [0.1, 0.15) is 11.7 Å². The van der Waals surface area contributed by atoms with Gasteiger partial charge in [-0.15, -0.1) is 0 Å². The molecule has 100 valence electrons. The van der Waals surface area contributed by atoms with Crippen LogP contribution >= 0.6 is 11.6 Å². The summed E-state index contributed by atoms with van der Waals surface area (Å²) in [6, 6.07) is 6.43. The summed E-state index contributed by atoms with van der Waals surface area (Å²) in [7, 11) is 1.26. The van der Waals surface area contributed by atoms with Crippen molar-refractivity contribution in [2.24, 2.45) is 0 Å². The molecule has 0 aromatic heterocycles. The molecule has 1 aromatic rings. The number of allylic oxidation sites excluding steroid dienone is 1. The van der Waals surface area contributed by atoms with Crippen LogP contribution in [0.25, 0.3) is 0 Å². The van der Waals surface area contributed by atoms with Crippen molar-refractivity contribution >= 4 is 23.5 Å². The fraction of sp³-hybridized carbons (Fsp3) is 0.231. The maximum atomic E-state index is 12.0. The third kappa shape index (κ3) is 2.56. The minimum Gasteiger partial charge on any atom is -0.464 e. The molecule has 1 unspecified atom stereocenters. The SMILES string of the molecule is COC(=O)C1=C(C)NC(c2ccccc2Cl)C(=O)N1. The molecule has 2 N–H and O–H groups in total. The molecule has 0 saturated carbocycles. The predicted molar refractivity (Wildman–Crippen MR) is 70.2 cm³/mol. The Balaban J connectivity index is 2.34. The summed E-state index contributed by atoms with van der Waals surface area (Å²) in [6.07, 6.45) is 0. The van der Waals surface area contributed by atoms with Gasteiger partial charge in [-0.05, 0) is 13.0 Å². The first-order valence-electron chi connectivity index (χ1n) is 5.65. The molecule has 0 aliphatic carbocycles. The summed E-state index contributed by atoms with van der Waals surface area (Å²) in [5, 5.41) is 6.00. The van der Waals surface area contributed by atoms with Crippen molar-refractivity contribution in [3.63, 3.8) is 0 Å². The van der Waals surface area contributed by atoms with Crippen LogP contribution < -0.4 is 10.6 Å². The number of methoxy groups -OCH3 is 1. The first kappa shape index (κ1) is 13.4. The van der Waals surface area contributed by atoms with Crippen LogP contribution in [0.1, 0.15) is 18.5 Å². The van der Waals surface area contributed by atoms with Gasteiger partial charge < -0.3 is 15.4 Å². The average Bonchev–Trinajstić information content (AvgIpc) is 2.41. The minimum absolute atomic E-state index is 0.121. The van der Waals surface area contributed by atoms with Gasteiger partial charge in [0.15, 0.2) is 0 Å². The molecule has 1 atom stereocenters. The Labute approximate surface area is 115 Å². The van der Waals surface area contributed by atoms with E-state index < -0.39 is 12.0 Å². The number of benzene rings is 1. The normalized spacial score (nSPS) is 18.7. The molecule has 0 saturated heterocycles. The zero-order chi connectivity index (χ0) is 14.0. The zero-order valence-corrected chi connectivity index (χ0v) is 11.2. The van der Waals surface area contributed by atoms with E-state index in [4.69, 9.17) is 11.6 Å². The van der Waals surface area contributed by atoms with Crippen LogP contribution in [0.2, 0.25) is 5.02 Å². The van der Waals surface area contributed by atoms with Crippen LogP contribution in [0.5, 0.6) is 0 Å². The van der Waals surface area contributed by atoms with Crippen LogP contribution in [0.3, 0.4) is 0 Å². The first-order valence-corrected chi connectivity index (χ1v) is 6.03. The standard InChI is InChI=1S/C13H13ClN2O3/c1-7-10(13(18)19-2)16-12(17)11(15-7)8-5-3-4-6-9(8)14/h3-6,11,15H,1-2H3,(H,16,17). The highest BCUT2D eigenvalue weighted by Crippen LogP contribution is 2.26. The first-order chi connectivity index (χ1) is 9.04. The van der Waals surface area contributed by atoms with Gasteiger partial charge in [-0.1, -0.05) is 29.8 Å². The molecule has 1 heterocycles. The number of amides is 1. The molecular weight excluding hydrogens is 268 g/mol. The quantitative estimate of drug-likeness (QED) is 0.806. The number of carbonyl (C=O) groups excluding carboxylic acids is 2. The number of esters is 1. The van der Waals surface area contributed by atoms with Gasteiger partial charge in [0.05, 0.1) is 7.11 Å². The molecule has 0 spiro atoms. The molecule has 1 aromatic carbocycles. The molecule has 2 rings (SSSR count). The largest absolute Gasteiger partial charge is 0.464 e.